The van der Waals surface area contributed by atoms with Crippen molar-refractivity contribution in [2.45, 2.75) is 13.3 Å². The first kappa shape index (κ1) is 13.9. The molecule has 1 saturated heterocycles. The minimum Gasteiger partial charge on any atom is -0.314 e. The Hall–Kier alpha value is -0.490. The molecule has 0 saturated carbocycles. The normalized spacial score (nSPS) is 17.5. The Balaban J connectivity index is 1.62. The smallest absolute Gasteiger partial charge is 0.0797 e. The molecule has 2 rings (SSSR count). The van der Waals surface area contributed by atoms with Gasteiger partial charge in [0.05, 0.1) is 11.2 Å². The van der Waals surface area contributed by atoms with E-state index >= 15 is 0 Å². The molecule has 0 amide bonds. The first-order valence-electron chi connectivity index (χ1n) is 6.76. The lowest BCUT2D eigenvalue weighted by Gasteiger charge is -2.29. The summed E-state index contributed by atoms with van der Waals surface area (Å²) in [6, 6.07) is 0. The molecule has 1 fully saturated rings. The van der Waals surface area contributed by atoms with Gasteiger partial charge in [-0.3, -0.25) is 4.90 Å². The minimum absolute atomic E-state index is 1.13. The molecule has 4 nitrogen and oxygen atoms in total. The summed E-state index contributed by atoms with van der Waals surface area (Å²) in [4.78, 5) is 10.7. The van der Waals surface area contributed by atoms with Gasteiger partial charge in [0.15, 0.2) is 0 Å². The molecule has 0 atom stereocenters. The maximum atomic E-state index is 4.30. The Kier molecular flexibility index (Phi) is 5.56. The van der Waals surface area contributed by atoms with Crippen molar-refractivity contribution >= 4 is 11.3 Å². The third kappa shape index (κ3) is 4.31. The third-order valence-electron chi connectivity index (χ3n) is 3.57. The highest BCUT2D eigenvalue weighted by Crippen LogP contribution is 2.12. The van der Waals surface area contributed by atoms with E-state index in [0.717, 1.165) is 32.6 Å². The second-order valence-corrected chi connectivity index (χ2v) is 5.95. The molecule has 0 radical (unpaired) electrons. The standard InChI is InChI=1S/C13H24N4S/c1-12-13(18-11-15-12)3-6-16(2)9-10-17-7-4-14-5-8-17/h11,14H,3-10H2,1-2H3. The molecule has 1 aliphatic heterocycles. The first-order chi connectivity index (χ1) is 8.75. The Morgan fingerprint density at radius 2 is 2.17 bits per heavy atom. The molecule has 1 aromatic rings. The van der Waals surface area contributed by atoms with E-state index in [-0.39, 0.29) is 0 Å². The van der Waals surface area contributed by atoms with Gasteiger partial charge in [-0.2, -0.15) is 0 Å². The highest BCUT2D eigenvalue weighted by Gasteiger charge is 2.10. The van der Waals surface area contributed by atoms with Crippen molar-refractivity contribution in [3.63, 3.8) is 0 Å². The highest BCUT2D eigenvalue weighted by atomic mass is 32.1. The van der Waals surface area contributed by atoms with Crippen molar-refractivity contribution in [3.8, 4) is 0 Å². The monoisotopic (exact) mass is 268 g/mol. The molecule has 18 heavy (non-hydrogen) atoms. The molecule has 1 aromatic heterocycles. The van der Waals surface area contributed by atoms with E-state index < -0.39 is 0 Å². The van der Waals surface area contributed by atoms with Crippen LogP contribution in [-0.2, 0) is 6.42 Å². The number of rotatable bonds is 6. The van der Waals surface area contributed by atoms with E-state index in [0.29, 0.717) is 0 Å². The van der Waals surface area contributed by atoms with Crippen LogP contribution in [0.4, 0.5) is 0 Å². The van der Waals surface area contributed by atoms with Crippen LogP contribution < -0.4 is 5.32 Å². The minimum atomic E-state index is 1.13. The molecule has 0 aliphatic carbocycles. The van der Waals surface area contributed by atoms with Gasteiger partial charge in [0, 0.05) is 50.7 Å². The molecular formula is C13H24N4S. The number of thiazole rings is 1. The summed E-state index contributed by atoms with van der Waals surface area (Å²) in [5.74, 6) is 0. The lowest BCUT2D eigenvalue weighted by molar-refractivity contribution is 0.206. The highest BCUT2D eigenvalue weighted by molar-refractivity contribution is 7.09. The summed E-state index contributed by atoms with van der Waals surface area (Å²) in [7, 11) is 2.22. The molecule has 0 unspecified atom stereocenters. The van der Waals surface area contributed by atoms with Gasteiger partial charge in [0.1, 0.15) is 0 Å². The first-order valence-corrected chi connectivity index (χ1v) is 7.64. The number of hydrogen-bond donors (Lipinski definition) is 1. The Morgan fingerprint density at radius 1 is 1.39 bits per heavy atom. The maximum absolute atomic E-state index is 4.30. The lowest BCUT2D eigenvalue weighted by Crippen LogP contribution is -2.46. The van der Waals surface area contributed by atoms with Crippen LogP contribution in [-0.4, -0.2) is 67.6 Å². The van der Waals surface area contributed by atoms with Gasteiger partial charge in [-0.1, -0.05) is 0 Å². The summed E-state index contributed by atoms with van der Waals surface area (Å²) in [5.41, 5.74) is 3.15. The predicted octanol–water partition coefficient (Wildman–Crippen LogP) is 0.831. The van der Waals surface area contributed by atoms with E-state index in [1.807, 2.05) is 5.51 Å². The number of nitrogens with zero attached hydrogens (tertiary/aromatic N) is 3. The molecule has 102 valence electrons. The SMILES string of the molecule is Cc1ncsc1CCN(C)CCN1CCNCC1. The molecule has 0 spiro atoms. The van der Waals surface area contributed by atoms with Crippen LogP contribution in [0, 0.1) is 6.92 Å². The van der Waals surface area contributed by atoms with E-state index in [9.17, 15) is 0 Å². The molecular weight excluding hydrogens is 244 g/mol. The topological polar surface area (TPSA) is 31.4 Å². The Morgan fingerprint density at radius 3 is 2.83 bits per heavy atom. The summed E-state index contributed by atoms with van der Waals surface area (Å²) >= 11 is 1.78. The van der Waals surface area contributed by atoms with Crippen LogP contribution in [0.25, 0.3) is 0 Å². The van der Waals surface area contributed by atoms with Gasteiger partial charge in [-0.15, -0.1) is 11.3 Å². The average molecular weight is 268 g/mol. The quantitative estimate of drug-likeness (QED) is 0.828. The van der Waals surface area contributed by atoms with Crippen LogP contribution in [0.1, 0.15) is 10.6 Å². The number of nitrogens with one attached hydrogen (secondary N) is 1. The fraction of sp³-hybridized carbons (Fsp3) is 0.769. The van der Waals surface area contributed by atoms with Crippen LogP contribution in [0.15, 0.2) is 5.51 Å². The van der Waals surface area contributed by atoms with Gasteiger partial charge in [0.2, 0.25) is 0 Å². The zero-order chi connectivity index (χ0) is 12.8. The second kappa shape index (κ2) is 7.19. The number of aryl methyl sites for hydroxylation is 1. The fourth-order valence-electron chi connectivity index (χ4n) is 2.22. The van der Waals surface area contributed by atoms with Gasteiger partial charge >= 0.3 is 0 Å². The second-order valence-electron chi connectivity index (χ2n) is 5.01. The van der Waals surface area contributed by atoms with Crippen LogP contribution in [0.3, 0.4) is 0 Å². The van der Waals surface area contributed by atoms with Crippen molar-refractivity contribution in [2.24, 2.45) is 0 Å². The summed E-state index contributed by atoms with van der Waals surface area (Å²) in [6.45, 7) is 10.3. The van der Waals surface area contributed by atoms with E-state index in [1.165, 1.54) is 30.2 Å². The van der Waals surface area contributed by atoms with Crippen molar-refractivity contribution in [1.82, 2.24) is 20.1 Å². The van der Waals surface area contributed by atoms with Crippen molar-refractivity contribution in [2.75, 3.05) is 52.9 Å². The average Bonchev–Trinajstić information content (AvgIpc) is 2.81. The summed E-state index contributed by atoms with van der Waals surface area (Å²) in [6.07, 6.45) is 1.13. The van der Waals surface area contributed by atoms with Crippen LogP contribution in [0.5, 0.6) is 0 Å². The lowest BCUT2D eigenvalue weighted by atomic mass is 10.3. The van der Waals surface area contributed by atoms with Crippen molar-refractivity contribution < 1.29 is 0 Å². The summed E-state index contributed by atoms with van der Waals surface area (Å²) in [5, 5.41) is 3.39. The van der Waals surface area contributed by atoms with Gasteiger partial charge in [-0.25, -0.2) is 4.98 Å². The fourth-order valence-corrected chi connectivity index (χ4v) is 2.99. The van der Waals surface area contributed by atoms with Crippen LogP contribution >= 0.6 is 11.3 Å². The number of aromatic nitrogens is 1. The molecule has 1 N–H and O–H groups in total. The number of likely N-dealkylation sites (N-methyl/N-ethyl adjacent to an activating group) is 1. The molecule has 0 bridgehead atoms. The zero-order valence-corrected chi connectivity index (χ0v) is 12.3. The van der Waals surface area contributed by atoms with Gasteiger partial charge in [0.25, 0.3) is 0 Å². The van der Waals surface area contributed by atoms with Gasteiger partial charge in [-0.05, 0) is 20.4 Å². The molecule has 2 heterocycles. The molecule has 0 aromatic carbocycles. The zero-order valence-electron chi connectivity index (χ0n) is 11.5. The van der Waals surface area contributed by atoms with Crippen molar-refractivity contribution in [3.05, 3.63) is 16.1 Å². The number of piperazine rings is 1. The maximum Gasteiger partial charge on any atom is 0.0797 e. The van der Waals surface area contributed by atoms with Gasteiger partial charge < -0.3 is 10.2 Å². The third-order valence-corrected chi connectivity index (χ3v) is 4.57. The predicted molar refractivity (Wildman–Crippen MR) is 77.4 cm³/mol. The Bertz CT molecular complexity index is 347. The molecule has 1 aliphatic rings. The number of hydrogen-bond acceptors (Lipinski definition) is 5. The van der Waals surface area contributed by atoms with E-state index in [2.05, 4.69) is 34.1 Å². The van der Waals surface area contributed by atoms with Crippen molar-refractivity contribution in [1.29, 1.82) is 0 Å². The largest absolute Gasteiger partial charge is 0.314 e. The van der Waals surface area contributed by atoms with E-state index in [4.69, 9.17) is 0 Å². The van der Waals surface area contributed by atoms with E-state index in [1.54, 1.807) is 11.3 Å². The molecule has 5 heteroatoms. The Labute approximate surface area is 114 Å². The summed E-state index contributed by atoms with van der Waals surface area (Å²) < 4.78 is 0. The van der Waals surface area contributed by atoms with Crippen LogP contribution in [0.2, 0.25) is 0 Å².